The van der Waals surface area contributed by atoms with Gasteiger partial charge in [0.25, 0.3) is 5.56 Å². The summed E-state index contributed by atoms with van der Waals surface area (Å²) in [6.45, 7) is 2.10. The van der Waals surface area contributed by atoms with Crippen molar-refractivity contribution in [2.24, 2.45) is 0 Å². The molecule has 0 fully saturated rings. The Balaban J connectivity index is 2.35. The van der Waals surface area contributed by atoms with Crippen LogP contribution in [0.2, 0.25) is 0 Å². The zero-order chi connectivity index (χ0) is 13.1. The third kappa shape index (κ3) is 2.70. The number of carbonyl (C=O) groups excluding carboxylic acids is 1. The number of hydrogen-bond acceptors (Lipinski definition) is 5. The van der Waals surface area contributed by atoms with E-state index in [0.29, 0.717) is 17.3 Å². The molecule has 0 amide bonds. The van der Waals surface area contributed by atoms with Gasteiger partial charge in [-0.25, -0.2) is 4.98 Å². The molecule has 0 unspecified atom stereocenters. The van der Waals surface area contributed by atoms with Crippen LogP contribution in [-0.2, 0) is 21.8 Å². The van der Waals surface area contributed by atoms with Gasteiger partial charge >= 0.3 is 5.97 Å². The fourth-order valence-electron chi connectivity index (χ4n) is 1.50. The predicted molar refractivity (Wildman–Crippen MR) is 69.2 cm³/mol. The first-order valence-electron chi connectivity index (χ1n) is 5.36. The number of rotatable bonds is 4. The highest BCUT2D eigenvalue weighted by atomic mass is 35.5. The summed E-state index contributed by atoms with van der Waals surface area (Å²) < 4.78 is 6.27. The molecule has 0 saturated heterocycles. The predicted octanol–water partition coefficient (Wildman–Crippen LogP) is 1.60. The number of aromatic nitrogens is 2. The van der Waals surface area contributed by atoms with Gasteiger partial charge in [-0.1, -0.05) is 0 Å². The molecule has 0 radical (unpaired) electrons. The maximum Gasteiger partial charge on any atom is 0.311 e. The molecule has 96 valence electrons. The highest BCUT2D eigenvalue weighted by molar-refractivity contribution is 7.17. The molecule has 0 aliphatic heterocycles. The number of fused-ring (bicyclic) bond motifs is 1. The van der Waals surface area contributed by atoms with E-state index in [1.165, 1.54) is 21.8 Å². The standard InChI is InChI=1S/C11H11ClN2O3S/c1-2-17-10(16)4-8-6-14-9(15)3-7(5-12)13-11(14)18-8/h3,6H,2,4-5H2,1H3. The number of esters is 1. The molecule has 2 heterocycles. The number of thiazole rings is 1. The zero-order valence-electron chi connectivity index (χ0n) is 9.68. The van der Waals surface area contributed by atoms with Crippen LogP contribution < -0.4 is 5.56 Å². The van der Waals surface area contributed by atoms with Crippen LogP contribution in [0.5, 0.6) is 0 Å². The van der Waals surface area contributed by atoms with Crippen LogP contribution in [0.15, 0.2) is 17.1 Å². The van der Waals surface area contributed by atoms with Crippen molar-refractivity contribution in [1.29, 1.82) is 0 Å². The first-order valence-corrected chi connectivity index (χ1v) is 6.71. The molecule has 0 aliphatic carbocycles. The van der Waals surface area contributed by atoms with Gasteiger partial charge in [-0.3, -0.25) is 14.0 Å². The lowest BCUT2D eigenvalue weighted by molar-refractivity contribution is -0.142. The summed E-state index contributed by atoms with van der Waals surface area (Å²) in [5.41, 5.74) is 0.341. The second-order valence-electron chi connectivity index (χ2n) is 3.55. The molecule has 0 N–H and O–H groups in total. The van der Waals surface area contributed by atoms with Gasteiger partial charge in [-0.15, -0.1) is 22.9 Å². The molecular formula is C11H11ClN2O3S. The molecule has 0 atom stereocenters. The first kappa shape index (κ1) is 13.0. The van der Waals surface area contributed by atoms with E-state index in [-0.39, 0.29) is 23.8 Å². The number of halogens is 1. The maximum atomic E-state index is 11.7. The Bertz CT molecular complexity index is 635. The van der Waals surface area contributed by atoms with E-state index in [1.54, 1.807) is 13.1 Å². The molecular weight excluding hydrogens is 276 g/mol. The van der Waals surface area contributed by atoms with Gasteiger partial charge in [0.1, 0.15) is 0 Å². The number of alkyl halides is 1. The SMILES string of the molecule is CCOC(=O)Cc1cn2c(=O)cc(CCl)nc2s1. The van der Waals surface area contributed by atoms with Gasteiger partial charge in [0, 0.05) is 17.1 Å². The molecule has 5 nitrogen and oxygen atoms in total. The third-order valence-corrected chi connectivity index (χ3v) is 3.49. The second kappa shape index (κ2) is 5.49. The summed E-state index contributed by atoms with van der Waals surface area (Å²) in [7, 11) is 0. The Labute approximate surface area is 112 Å². The van der Waals surface area contributed by atoms with E-state index in [9.17, 15) is 9.59 Å². The van der Waals surface area contributed by atoms with Crippen molar-refractivity contribution in [3.05, 3.63) is 33.2 Å². The molecule has 2 aromatic heterocycles. The summed E-state index contributed by atoms with van der Waals surface area (Å²) in [6, 6.07) is 1.39. The fraction of sp³-hybridized carbons (Fsp3) is 0.364. The van der Waals surface area contributed by atoms with Crippen molar-refractivity contribution in [1.82, 2.24) is 9.38 Å². The molecule has 7 heteroatoms. The van der Waals surface area contributed by atoms with E-state index in [1.807, 2.05) is 0 Å². The van der Waals surface area contributed by atoms with Crippen LogP contribution in [0.1, 0.15) is 17.5 Å². The van der Waals surface area contributed by atoms with Crippen molar-refractivity contribution >= 4 is 33.9 Å². The lowest BCUT2D eigenvalue weighted by Crippen LogP contribution is -2.12. The van der Waals surface area contributed by atoms with Crippen LogP contribution >= 0.6 is 22.9 Å². The average molecular weight is 287 g/mol. The summed E-state index contributed by atoms with van der Waals surface area (Å²) >= 11 is 6.94. The minimum atomic E-state index is -0.310. The normalized spacial score (nSPS) is 10.8. The van der Waals surface area contributed by atoms with Crippen molar-refractivity contribution < 1.29 is 9.53 Å². The monoisotopic (exact) mass is 286 g/mol. The molecule has 18 heavy (non-hydrogen) atoms. The van der Waals surface area contributed by atoms with Crippen molar-refractivity contribution in [3.8, 4) is 0 Å². The summed E-state index contributed by atoms with van der Waals surface area (Å²) in [5, 5.41) is 0. The number of nitrogens with zero attached hydrogens (tertiary/aromatic N) is 2. The quantitative estimate of drug-likeness (QED) is 0.633. The van der Waals surface area contributed by atoms with Gasteiger partial charge in [0.05, 0.1) is 24.6 Å². The van der Waals surface area contributed by atoms with E-state index < -0.39 is 0 Å². The summed E-state index contributed by atoms with van der Waals surface area (Å²) in [4.78, 5) is 28.6. The molecule has 2 aromatic rings. The van der Waals surface area contributed by atoms with Crippen LogP contribution in [0, 0.1) is 0 Å². The van der Waals surface area contributed by atoms with Crippen LogP contribution in [0.3, 0.4) is 0 Å². The maximum absolute atomic E-state index is 11.7. The fourth-order valence-corrected chi connectivity index (χ4v) is 2.62. The molecule has 0 spiro atoms. The Hall–Kier alpha value is -1.40. The Morgan fingerprint density at radius 1 is 1.61 bits per heavy atom. The highest BCUT2D eigenvalue weighted by Gasteiger charge is 2.10. The molecule has 2 rings (SSSR count). The minimum absolute atomic E-state index is 0.150. The van der Waals surface area contributed by atoms with Crippen LogP contribution in [0.25, 0.3) is 4.96 Å². The molecule has 0 bridgehead atoms. The first-order chi connectivity index (χ1) is 8.63. The average Bonchev–Trinajstić information content (AvgIpc) is 2.72. The lowest BCUT2D eigenvalue weighted by atomic mass is 10.4. The van der Waals surface area contributed by atoms with E-state index in [4.69, 9.17) is 16.3 Å². The number of hydrogen-bond donors (Lipinski definition) is 0. The lowest BCUT2D eigenvalue weighted by Gasteiger charge is -1.97. The second-order valence-corrected chi connectivity index (χ2v) is 4.91. The van der Waals surface area contributed by atoms with Crippen LogP contribution in [-0.4, -0.2) is 22.0 Å². The van der Waals surface area contributed by atoms with E-state index in [2.05, 4.69) is 4.98 Å². The van der Waals surface area contributed by atoms with Gasteiger partial charge < -0.3 is 4.74 Å². The third-order valence-electron chi connectivity index (χ3n) is 2.23. The Morgan fingerprint density at radius 2 is 2.39 bits per heavy atom. The van der Waals surface area contributed by atoms with Crippen molar-refractivity contribution in [2.75, 3.05) is 6.61 Å². The summed E-state index contributed by atoms with van der Waals surface area (Å²) in [6.07, 6.45) is 1.77. The van der Waals surface area contributed by atoms with E-state index in [0.717, 1.165) is 4.88 Å². The van der Waals surface area contributed by atoms with Crippen LogP contribution in [0.4, 0.5) is 0 Å². The molecule has 0 saturated carbocycles. The Kier molecular flexibility index (Phi) is 3.98. The number of ether oxygens (including phenoxy) is 1. The zero-order valence-corrected chi connectivity index (χ0v) is 11.3. The van der Waals surface area contributed by atoms with Crippen molar-refractivity contribution in [3.63, 3.8) is 0 Å². The Morgan fingerprint density at radius 3 is 3.06 bits per heavy atom. The van der Waals surface area contributed by atoms with E-state index >= 15 is 0 Å². The topological polar surface area (TPSA) is 60.7 Å². The molecule has 0 aliphatic rings. The smallest absolute Gasteiger partial charge is 0.311 e. The van der Waals surface area contributed by atoms with Gasteiger partial charge in [-0.2, -0.15) is 0 Å². The van der Waals surface area contributed by atoms with Gasteiger partial charge in [0.2, 0.25) is 0 Å². The highest BCUT2D eigenvalue weighted by Crippen LogP contribution is 2.16. The molecule has 0 aromatic carbocycles. The largest absolute Gasteiger partial charge is 0.466 e. The number of carbonyl (C=O) groups is 1. The van der Waals surface area contributed by atoms with Crippen molar-refractivity contribution in [2.45, 2.75) is 19.2 Å². The van der Waals surface area contributed by atoms with Gasteiger partial charge in [0.15, 0.2) is 4.96 Å². The minimum Gasteiger partial charge on any atom is -0.466 e. The summed E-state index contributed by atoms with van der Waals surface area (Å²) in [5.74, 6) is -0.119. The van der Waals surface area contributed by atoms with Gasteiger partial charge in [-0.05, 0) is 6.92 Å².